The van der Waals surface area contributed by atoms with Crippen molar-refractivity contribution in [3.05, 3.63) is 29.8 Å². The van der Waals surface area contributed by atoms with Gasteiger partial charge in [0.25, 0.3) is 0 Å². The average Bonchev–Trinajstić information content (AvgIpc) is 2.60. The standard InChI is InChI=1S/C22H33NO4/c1-15(24)23-20(16-6-10-18(26-5)11-7-16)14-21(25)27-19-12-8-17(9-13-19)22(2,3)4/h6-7,10-11,17,19-20H,8-9,12-14H2,1-5H3,(H,23,24). The molecule has 1 unspecified atom stereocenters. The van der Waals surface area contributed by atoms with Crippen LogP contribution in [0.1, 0.15) is 71.4 Å². The zero-order chi connectivity index (χ0) is 20.0. The summed E-state index contributed by atoms with van der Waals surface area (Å²) in [6.45, 7) is 8.28. The first-order chi connectivity index (χ1) is 12.7. The predicted molar refractivity (Wildman–Crippen MR) is 105 cm³/mol. The first-order valence-corrected chi connectivity index (χ1v) is 9.79. The van der Waals surface area contributed by atoms with Crippen LogP contribution in [0.4, 0.5) is 0 Å². The lowest BCUT2D eigenvalue weighted by Gasteiger charge is -2.36. The maximum atomic E-state index is 12.5. The molecule has 1 aromatic rings. The number of nitrogens with one attached hydrogen (secondary N) is 1. The smallest absolute Gasteiger partial charge is 0.308 e. The Labute approximate surface area is 162 Å². The van der Waals surface area contributed by atoms with E-state index in [9.17, 15) is 9.59 Å². The molecule has 0 spiro atoms. The van der Waals surface area contributed by atoms with Crippen molar-refractivity contribution in [2.24, 2.45) is 11.3 Å². The normalized spacial score (nSPS) is 21.2. The van der Waals surface area contributed by atoms with Crippen molar-refractivity contribution in [2.45, 2.75) is 71.9 Å². The van der Waals surface area contributed by atoms with Crippen LogP contribution in [-0.2, 0) is 14.3 Å². The Kier molecular flexibility index (Phi) is 7.28. The van der Waals surface area contributed by atoms with Crippen molar-refractivity contribution in [1.82, 2.24) is 5.32 Å². The highest BCUT2D eigenvalue weighted by atomic mass is 16.5. The maximum absolute atomic E-state index is 12.5. The van der Waals surface area contributed by atoms with Crippen LogP contribution < -0.4 is 10.1 Å². The number of rotatable bonds is 6. The molecule has 1 fully saturated rings. The predicted octanol–water partition coefficient (Wildman–Crippen LogP) is 4.41. The molecule has 0 aliphatic heterocycles. The summed E-state index contributed by atoms with van der Waals surface area (Å²) in [6.07, 6.45) is 4.14. The molecule has 1 N–H and O–H groups in total. The van der Waals surface area contributed by atoms with Gasteiger partial charge in [0.2, 0.25) is 5.91 Å². The third kappa shape index (κ3) is 6.56. The molecule has 2 rings (SSSR count). The highest BCUT2D eigenvalue weighted by molar-refractivity contribution is 5.76. The van der Waals surface area contributed by atoms with Crippen LogP contribution in [0.3, 0.4) is 0 Å². The molecule has 1 aromatic carbocycles. The van der Waals surface area contributed by atoms with E-state index in [4.69, 9.17) is 9.47 Å². The Morgan fingerprint density at radius 2 is 1.70 bits per heavy atom. The van der Waals surface area contributed by atoms with Gasteiger partial charge in [-0.05, 0) is 54.7 Å². The zero-order valence-corrected chi connectivity index (χ0v) is 17.2. The Bertz CT molecular complexity index is 625. The fourth-order valence-electron chi connectivity index (χ4n) is 3.78. The number of carbonyl (C=O) groups is 2. The number of amides is 1. The highest BCUT2D eigenvalue weighted by Gasteiger charge is 2.31. The molecule has 0 heterocycles. The summed E-state index contributed by atoms with van der Waals surface area (Å²) in [5.41, 5.74) is 1.17. The molecule has 0 radical (unpaired) electrons. The largest absolute Gasteiger partial charge is 0.497 e. The van der Waals surface area contributed by atoms with Gasteiger partial charge in [0.15, 0.2) is 0 Å². The Hall–Kier alpha value is -2.04. The second-order valence-corrected chi connectivity index (χ2v) is 8.56. The number of hydrogen-bond donors (Lipinski definition) is 1. The second-order valence-electron chi connectivity index (χ2n) is 8.56. The average molecular weight is 376 g/mol. The lowest BCUT2D eigenvalue weighted by atomic mass is 9.72. The van der Waals surface area contributed by atoms with E-state index in [1.165, 1.54) is 6.92 Å². The molecule has 27 heavy (non-hydrogen) atoms. The summed E-state index contributed by atoms with van der Waals surface area (Å²) in [7, 11) is 1.60. The van der Waals surface area contributed by atoms with Gasteiger partial charge in [-0.3, -0.25) is 9.59 Å². The van der Waals surface area contributed by atoms with E-state index >= 15 is 0 Å². The molecule has 150 valence electrons. The Balaban J connectivity index is 1.93. The molecule has 0 bridgehead atoms. The van der Waals surface area contributed by atoms with E-state index < -0.39 is 6.04 Å². The van der Waals surface area contributed by atoms with Gasteiger partial charge < -0.3 is 14.8 Å². The molecule has 0 aromatic heterocycles. The first-order valence-electron chi connectivity index (χ1n) is 9.79. The molecule has 1 saturated carbocycles. The van der Waals surface area contributed by atoms with Gasteiger partial charge in [-0.15, -0.1) is 0 Å². The van der Waals surface area contributed by atoms with Gasteiger partial charge in [0, 0.05) is 6.92 Å². The van der Waals surface area contributed by atoms with Gasteiger partial charge in [0.1, 0.15) is 11.9 Å². The molecule has 1 atom stereocenters. The number of benzene rings is 1. The first kappa shape index (κ1) is 21.3. The molecular weight excluding hydrogens is 342 g/mol. The van der Waals surface area contributed by atoms with E-state index in [2.05, 4.69) is 26.1 Å². The molecule has 1 aliphatic rings. The molecular formula is C22H33NO4. The molecule has 1 amide bonds. The van der Waals surface area contributed by atoms with Gasteiger partial charge in [-0.25, -0.2) is 0 Å². The van der Waals surface area contributed by atoms with E-state index in [1.807, 2.05) is 24.3 Å². The number of carbonyl (C=O) groups excluding carboxylic acids is 2. The second kappa shape index (κ2) is 9.25. The van der Waals surface area contributed by atoms with Crippen LogP contribution >= 0.6 is 0 Å². The zero-order valence-electron chi connectivity index (χ0n) is 17.2. The minimum atomic E-state index is -0.396. The Morgan fingerprint density at radius 1 is 1.11 bits per heavy atom. The minimum absolute atomic E-state index is 0.00931. The quantitative estimate of drug-likeness (QED) is 0.748. The van der Waals surface area contributed by atoms with Gasteiger partial charge in [-0.1, -0.05) is 32.9 Å². The molecule has 1 aliphatic carbocycles. The van der Waals surface area contributed by atoms with Gasteiger partial charge >= 0.3 is 5.97 Å². The van der Waals surface area contributed by atoms with E-state index in [-0.39, 0.29) is 24.4 Å². The molecule has 5 nitrogen and oxygen atoms in total. The van der Waals surface area contributed by atoms with Crippen LogP contribution in [0.5, 0.6) is 5.75 Å². The van der Waals surface area contributed by atoms with Crippen molar-refractivity contribution < 1.29 is 19.1 Å². The van der Waals surface area contributed by atoms with Crippen molar-refractivity contribution in [3.8, 4) is 5.75 Å². The topological polar surface area (TPSA) is 64.6 Å². The number of ether oxygens (including phenoxy) is 2. The summed E-state index contributed by atoms with van der Waals surface area (Å²) in [5, 5.41) is 2.85. The highest BCUT2D eigenvalue weighted by Crippen LogP contribution is 2.38. The van der Waals surface area contributed by atoms with E-state index in [0.717, 1.165) is 37.0 Å². The molecule has 5 heteroatoms. The van der Waals surface area contributed by atoms with Crippen LogP contribution in [-0.4, -0.2) is 25.1 Å². The van der Waals surface area contributed by atoms with Crippen molar-refractivity contribution >= 4 is 11.9 Å². The summed E-state index contributed by atoms with van der Waals surface area (Å²) in [6, 6.07) is 6.97. The van der Waals surface area contributed by atoms with Crippen molar-refractivity contribution in [2.75, 3.05) is 7.11 Å². The summed E-state index contributed by atoms with van der Waals surface area (Å²) >= 11 is 0. The van der Waals surface area contributed by atoms with Gasteiger partial charge in [0.05, 0.1) is 19.6 Å². The number of hydrogen-bond acceptors (Lipinski definition) is 4. The Morgan fingerprint density at radius 3 is 2.19 bits per heavy atom. The van der Waals surface area contributed by atoms with E-state index in [1.54, 1.807) is 7.11 Å². The fourth-order valence-corrected chi connectivity index (χ4v) is 3.78. The van der Waals surface area contributed by atoms with Crippen molar-refractivity contribution in [1.29, 1.82) is 0 Å². The lowest BCUT2D eigenvalue weighted by Crippen LogP contribution is -2.32. The number of methoxy groups -OCH3 is 1. The fraction of sp³-hybridized carbons (Fsp3) is 0.636. The molecule has 0 saturated heterocycles. The van der Waals surface area contributed by atoms with Crippen LogP contribution in [0.15, 0.2) is 24.3 Å². The van der Waals surface area contributed by atoms with Gasteiger partial charge in [-0.2, -0.15) is 0 Å². The summed E-state index contributed by atoms with van der Waals surface area (Å²) < 4.78 is 10.9. The third-order valence-corrected chi connectivity index (χ3v) is 5.46. The number of esters is 1. The van der Waals surface area contributed by atoms with Crippen LogP contribution in [0.25, 0.3) is 0 Å². The van der Waals surface area contributed by atoms with Crippen LogP contribution in [0.2, 0.25) is 0 Å². The monoisotopic (exact) mass is 375 g/mol. The summed E-state index contributed by atoms with van der Waals surface area (Å²) in [4.78, 5) is 24.0. The van der Waals surface area contributed by atoms with E-state index in [0.29, 0.717) is 11.3 Å². The van der Waals surface area contributed by atoms with Crippen molar-refractivity contribution in [3.63, 3.8) is 0 Å². The minimum Gasteiger partial charge on any atom is -0.497 e. The SMILES string of the molecule is COc1ccc(C(CC(=O)OC2CCC(C(C)(C)C)CC2)NC(C)=O)cc1. The van der Waals surface area contributed by atoms with Crippen LogP contribution in [0, 0.1) is 11.3 Å². The maximum Gasteiger partial charge on any atom is 0.308 e. The third-order valence-electron chi connectivity index (χ3n) is 5.46. The lowest BCUT2D eigenvalue weighted by molar-refractivity contribution is -0.152. The summed E-state index contributed by atoms with van der Waals surface area (Å²) in [5.74, 6) is 0.982.